The molecule has 2 N–H and O–H groups in total. The Morgan fingerprint density at radius 3 is 2.87 bits per heavy atom. The molecule has 0 heterocycles. The van der Waals surface area contributed by atoms with E-state index in [1.165, 1.54) is 11.1 Å². The molecule has 0 unspecified atom stereocenters. The predicted octanol–water partition coefficient (Wildman–Crippen LogP) is 2.54. The highest BCUT2D eigenvalue weighted by molar-refractivity contribution is 7.80. The first-order valence-electron chi connectivity index (χ1n) is 7.19. The molecule has 0 spiro atoms. The molecule has 0 bridgehead atoms. The van der Waals surface area contributed by atoms with Gasteiger partial charge in [-0.3, -0.25) is 15.2 Å². The van der Waals surface area contributed by atoms with Crippen molar-refractivity contribution in [2.75, 3.05) is 27.3 Å². The Balaban J connectivity index is 2.43. The average Bonchev–Trinajstić information content (AvgIpc) is 2.52. The van der Waals surface area contributed by atoms with E-state index in [-0.39, 0.29) is 5.91 Å². The normalized spacial score (nSPS) is 10.6. The number of hydrogen-bond donors (Lipinski definition) is 2. The number of carbonyl (C=O) groups is 1. The smallest absolute Gasteiger partial charge is 0.262 e. The monoisotopic (exact) mass is 355 g/mol. The lowest BCUT2D eigenvalue weighted by Crippen LogP contribution is -2.47. The van der Waals surface area contributed by atoms with Crippen LogP contribution >= 0.6 is 23.8 Å². The number of amides is 1. The van der Waals surface area contributed by atoms with Gasteiger partial charge < -0.3 is 10.1 Å². The molecule has 1 rings (SSSR count). The number of carbonyl (C=O) groups excluding carboxylic acids is 1. The van der Waals surface area contributed by atoms with Crippen molar-refractivity contribution in [1.82, 2.24) is 15.8 Å². The lowest BCUT2D eigenvalue weighted by atomic mass is 10.1. The fourth-order valence-electron chi connectivity index (χ4n) is 1.67. The van der Waals surface area contributed by atoms with Crippen LogP contribution in [0.4, 0.5) is 0 Å². The van der Waals surface area contributed by atoms with E-state index in [2.05, 4.69) is 10.7 Å². The first kappa shape index (κ1) is 19.4. The van der Waals surface area contributed by atoms with Crippen LogP contribution in [0.5, 0.6) is 0 Å². The number of methoxy groups -OCH3 is 1. The third-order valence-electron chi connectivity index (χ3n) is 3.01. The van der Waals surface area contributed by atoms with Crippen molar-refractivity contribution in [1.29, 1.82) is 0 Å². The zero-order chi connectivity index (χ0) is 17.2. The van der Waals surface area contributed by atoms with E-state index >= 15 is 0 Å². The second kappa shape index (κ2) is 10.2. The van der Waals surface area contributed by atoms with Crippen LogP contribution in [0.1, 0.15) is 17.5 Å². The maximum atomic E-state index is 11.9. The van der Waals surface area contributed by atoms with E-state index in [0.29, 0.717) is 23.3 Å². The van der Waals surface area contributed by atoms with Crippen LogP contribution in [0.2, 0.25) is 5.02 Å². The van der Waals surface area contributed by atoms with Crippen molar-refractivity contribution in [3.05, 3.63) is 40.4 Å². The first-order valence-corrected chi connectivity index (χ1v) is 7.98. The molecule has 126 valence electrons. The van der Waals surface area contributed by atoms with E-state index in [1.807, 2.05) is 25.1 Å². The summed E-state index contributed by atoms with van der Waals surface area (Å²) in [6, 6.07) is 5.62. The maximum Gasteiger partial charge on any atom is 0.262 e. The Morgan fingerprint density at radius 2 is 2.22 bits per heavy atom. The molecule has 0 radical (unpaired) electrons. The lowest BCUT2D eigenvalue weighted by molar-refractivity contribution is -0.119. The van der Waals surface area contributed by atoms with Crippen molar-refractivity contribution in [2.24, 2.45) is 0 Å². The molecule has 0 aliphatic heterocycles. The Bertz CT molecular complexity index is 578. The Kier molecular flexibility index (Phi) is 8.61. The van der Waals surface area contributed by atoms with Crippen LogP contribution < -0.4 is 10.7 Å². The van der Waals surface area contributed by atoms with Gasteiger partial charge in [-0.2, -0.15) is 0 Å². The van der Waals surface area contributed by atoms with Gasteiger partial charge in [0.1, 0.15) is 0 Å². The molecule has 0 aromatic heterocycles. The standard InChI is InChI=1S/C16H22ClN3O2S/c1-12-5-6-13(11-14(12)17)7-8-15(21)19-20(2)16(23)18-9-4-10-22-3/h5-8,11H,4,9-10H2,1-3H3,(H,18,23)(H,19,21)/b8-7+. The molecule has 0 atom stereocenters. The van der Waals surface area contributed by atoms with Crippen molar-refractivity contribution >= 4 is 40.9 Å². The number of rotatable bonds is 6. The number of hydrogen-bond acceptors (Lipinski definition) is 3. The van der Waals surface area contributed by atoms with Gasteiger partial charge in [-0.25, -0.2) is 0 Å². The molecule has 5 nitrogen and oxygen atoms in total. The minimum Gasteiger partial charge on any atom is -0.385 e. The Labute approximate surface area is 147 Å². The van der Waals surface area contributed by atoms with Gasteiger partial charge in [-0.05, 0) is 48.8 Å². The summed E-state index contributed by atoms with van der Waals surface area (Å²) >= 11 is 11.2. The van der Waals surface area contributed by atoms with Gasteiger partial charge in [0, 0.05) is 38.4 Å². The van der Waals surface area contributed by atoms with E-state index in [1.54, 1.807) is 20.2 Å². The summed E-state index contributed by atoms with van der Waals surface area (Å²) in [6.45, 7) is 3.27. The lowest BCUT2D eigenvalue weighted by Gasteiger charge is -2.20. The fourth-order valence-corrected chi connectivity index (χ4v) is 2.01. The van der Waals surface area contributed by atoms with E-state index in [0.717, 1.165) is 17.5 Å². The van der Waals surface area contributed by atoms with Crippen molar-refractivity contribution < 1.29 is 9.53 Å². The average molecular weight is 356 g/mol. The topological polar surface area (TPSA) is 53.6 Å². The molecule has 0 saturated heterocycles. The van der Waals surface area contributed by atoms with Crippen molar-refractivity contribution in [3.63, 3.8) is 0 Å². The van der Waals surface area contributed by atoms with Crippen LogP contribution in [-0.4, -0.2) is 43.3 Å². The summed E-state index contributed by atoms with van der Waals surface area (Å²) in [4.78, 5) is 11.9. The zero-order valence-corrected chi connectivity index (χ0v) is 15.1. The summed E-state index contributed by atoms with van der Waals surface area (Å²) in [5.74, 6) is -0.273. The third-order valence-corrected chi connectivity index (χ3v) is 3.83. The SMILES string of the molecule is COCCCNC(=S)N(C)NC(=O)/C=C/c1ccc(C)c(Cl)c1. The van der Waals surface area contributed by atoms with E-state index in [9.17, 15) is 4.79 Å². The van der Waals surface area contributed by atoms with Crippen molar-refractivity contribution in [2.45, 2.75) is 13.3 Å². The maximum absolute atomic E-state index is 11.9. The highest BCUT2D eigenvalue weighted by Gasteiger charge is 2.05. The van der Waals surface area contributed by atoms with Gasteiger partial charge in [0.15, 0.2) is 5.11 Å². The summed E-state index contributed by atoms with van der Waals surface area (Å²) < 4.78 is 4.95. The molecule has 23 heavy (non-hydrogen) atoms. The molecule has 1 aromatic carbocycles. The van der Waals surface area contributed by atoms with Gasteiger partial charge in [0.2, 0.25) is 0 Å². The summed E-state index contributed by atoms with van der Waals surface area (Å²) in [5, 5.41) is 5.62. The third kappa shape index (κ3) is 7.45. The van der Waals surface area contributed by atoms with E-state index < -0.39 is 0 Å². The number of hydrazine groups is 1. The van der Waals surface area contributed by atoms with Gasteiger partial charge in [-0.1, -0.05) is 23.7 Å². The number of thiocarbonyl (C=S) groups is 1. The number of halogens is 1. The molecule has 0 fully saturated rings. The minimum atomic E-state index is -0.273. The molecule has 0 aliphatic rings. The van der Waals surface area contributed by atoms with Crippen molar-refractivity contribution in [3.8, 4) is 0 Å². The molecular weight excluding hydrogens is 334 g/mol. The molecule has 1 aromatic rings. The molecule has 0 aliphatic carbocycles. The second-order valence-corrected chi connectivity index (χ2v) is 5.75. The van der Waals surface area contributed by atoms with Crippen LogP contribution in [0.25, 0.3) is 6.08 Å². The van der Waals surface area contributed by atoms with Gasteiger partial charge in [0.05, 0.1) is 0 Å². The van der Waals surface area contributed by atoms with Gasteiger partial charge in [-0.15, -0.1) is 0 Å². The minimum absolute atomic E-state index is 0.273. The van der Waals surface area contributed by atoms with E-state index in [4.69, 9.17) is 28.6 Å². The molecular formula is C16H22ClN3O2S. The first-order chi connectivity index (χ1) is 10.9. The molecule has 7 heteroatoms. The summed E-state index contributed by atoms with van der Waals surface area (Å²) in [6.07, 6.45) is 3.97. The number of aryl methyl sites for hydroxylation is 1. The number of nitrogens with one attached hydrogen (secondary N) is 2. The van der Waals surface area contributed by atoms with Crippen LogP contribution in [-0.2, 0) is 9.53 Å². The predicted molar refractivity (Wildman–Crippen MR) is 98.2 cm³/mol. The Morgan fingerprint density at radius 1 is 1.48 bits per heavy atom. The Hall–Kier alpha value is -1.63. The van der Waals surface area contributed by atoms with Gasteiger partial charge >= 0.3 is 0 Å². The molecule has 0 saturated carbocycles. The van der Waals surface area contributed by atoms with Crippen LogP contribution in [0, 0.1) is 6.92 Å². The van der Waals surface area contributed by atoms with Gasteiger partial charge in [0.25, 0.3) is 5.91 Å². The highest BCUT2D eigenvalue weighted by atomic mass is 35.5. The quantitative estimate of drug-likeness (QED) is 0.355. The second-order valence-electron chi connectivity index (χ2n) is 4.96. The largest absolute Gasteiger partial charge is 0.385 e. The number of nitrogens with zero attached hydrogens (tertiary/aromatic N) is 1. The summed E-state index contributed by atoms with van der Waals surface area (Å²) in [7, 11) is 3.33. The molecule has 1 amide bonds. The number of benzene rings is 1. The number of ether oxygens (including phenoxy) is 1. The van der Waals surface area contributed by atoms with Crippen LogP contribution in [0.3, 0.4) is 0 Å². The highest BCUT2D eigenvalue weighted by Crippen LogP contribution is 2.17. The zero-order valence-electron chi connectivity index (χ0n) is 13.6. The summed E-state index contributed by atoms with van der Waals surface area (Å²) in [5.41, 5.74) is 4.51. The fraction of sp³-hybridized carbons (Fsp3) is 0.375. The van der Waals surface area contributed by atoms with Crippen LogP contribution in [0.15, 0.2) is 24.3 Å².